The second-order valence-corrected chi connectivity index (χ2v) is 29.8. The molecular formula is C84H78BN3S. The van der Waals surface area contributed by atoms with Crippen LogP contribution < -0.4 is 30.4 Å². The van der Waals surface area contributed by atoms with E-state index in [9.17, 15) is 0 Å². The zero-order valence-electron chi connectivity index (χ0n) is 53.6. The van der Waals surface area contributed by atoms with E-state index in [-0.39, 0.29) is 28.4 Å². The van der Waals surface area contributed by atoms with Crippen molar-refractivity contribution in [3.8, 4) is 44.5 Å². The van der Waals surface area contributed by atoms with Gasteiger partial charge in [-0.25, -0.2) is 0 Å². The first kappa shape index (κ1) is 57.6. The number of hydrogen-bond acceptors (Lipinski definition) is 4. The van der Waals surface area contributed by atoms with Crippen LogP contribution in [0, 0.1) is 0 Å². The minimum absolute atomic E-state index is 0.00768. The summed E-state index contributed by atoms with van der Waals surface area (Å²) < 4.78 is 2.64. The van der Waals surface area contributed by atoms with Gasteiger partial charge in [0.15, 0.2) is 0 Å². The van der Waals surface area contributed by atoms with Gasteiger partial charge in [0.1, 0.15) is 0 Å². The van der Waals surface area contributed by atoms with Crippen molar-refractivity contribution in [1.82, 2.24) is 0 Å². The first-order chi connectivity index (χ1) is 42.7. The van der Waals surface area contributed by atoms with Crippen molar-refractivity contribution in [3.05, 3.63) is 277 Å². The van der Waals surface area contributed by atoms with Crippen LogP contribution >= 0.6 is 11.3 Å². The van der Waals surface area contributed by atoms with E-state index in [1.54, 1.807) is 0 Å². The van der Waals surface area contributed by atoms with Crippen LogP contribution in [0.5, 0.6) is 0 Å². The highest BCUT2D eigenvalue weighted by Crippen LogP contribution is 2.53. The Kier molecular flexibility index (Phi) is 14.1. The maximum absolute atomic E-state index is 2.65. The van der Waals surface area contributed by atoms with Gasteiger partial charge < -0.3 is 14.7 Å². The van der Waals surface area contributed by atoms with E-state index in [1.807, 2.05) is 11.3 Å². The van der Waals surface area contributed by atoms with Gasteiger partial charge in [0, 0.05) is 60.2 Å². The first-order valence-electron chi connectivity index (χ1n) is 31.7. The molecule has 1 aromatic heterocycles. The molecule has 0 radical (unpaired) electrons. The summed E-state index contributed by atoms with van der Waals surface area (Å²) in [6.07, 6.45) is 0. The largest absolute Gasteiger partial charge is 0.311 e. The SMILES string of the molecule is CC(C)(C)c1ccc(N(c2ccc(-c3ccccc3)cc2)c2ccc3c(c2)N(c2ccc(C(C)(C)C)cc2-c2ccccc2)c2cc(-c4ccc(-c5ccccc5)cc4)cc4c2B3c2sc3ccc(C(C)(C)C)cc3c2N4c2ccc(C(C)(C)C)cc2)cc1. The Bertz CT molecular complexity index is 4600. The monoisotopic (exact) mass is 1170 g/mol. The van der Waals surface area contributed by atoms with Crippen LogP contribution in [0.15, 0.2) is 255 Å². The summed E-state index contributed by atoms with van der Waals surface area (Å²) in [7, 11) is 0. The van der Waals surface area contributed by atoms with Crippen molar-refractivity contribution in [2.75, 3.05) is 14.7 Å². The number of anilines is 9. The first-order valence-corrected chi connectivity index (χ1v) is 32.5. The lowest BCUT2D eigenvalue weighted by Crippen LogP contribution is -2.60. The molecule has 0 aliphatic carbocycles. The van der Waals surface area contributed by atoms with Gasteiger partial charge in [0.05, 0.1) is 11.4 Å². The van der Waals surface area contributed by atoms with Gasteiger partial charge in [-0.15, -0.1) is 11.3 Å². The molecule has 0 unspecified atom stereocenters. The van der Waals surface area contributed by atoms with Crippen LogP contribution in [-0.4, -0.2) is 6.71 Å². The molecule has 0 N–H and O–H groups in total. The fraction of sp³-hybridized carbons (Fsp3) is 0.190. The van der Waals surface area contributed by atoms with Gasteiger partial charge in [0.2, 0.25) is 0 Å². The lowest BCUT2D eigenvalue weighted by Gasteiger charge is -2.44. The Morgan fingerprint density at radius 3 is 1.29 bits per heavy atom. The van der Waals surface area contributed by atoms with E-state index >= 15 is 0 Å². The Hall–Kier alpha value is -9.16. The highest BCUT2D eigenvalue weighted by molar-refractivity contribution is 7.33. The van der Waals surface area contributed by atoms with Gasteiger partial charge in [-0.05, 0) is 179 Å². The van der Waals surface area contributed by atoms with Crippen molar-refractivity contribution >= 4 is 95.0 Å². The van der Waals surface area contributed by atoms with Crippen LogP contribution in [0.4, 0.5) is 51.2 Å². The number of benzene rings is 11. The van der Waals surface area contributed by atoms with Crippen LogP contribution in [0.25, 0.3) is 54.6 Å². The van der Waals surface area contributed by atoms with Gasteiger partial charge in [0.25, 0.3) is 6.71 Å². The third-order valence-corrected chi connectivity index (χ3v) is 19.7. The smallest absolute Gasteiger partial charge is 0.264 e. The Morgan fingerprint density at radius 1 is 0.326 bits per heavy atom. The Balaban J connectivity index is 1.09. The molecule has 14 rings (SSSR count). The summed E-state index contributed by atoms with van der Waals surface area (Å²) in [5, 5.41) is 1.29. The van der Waals surface area contributed by atoms with E-state index in [0.29, 0.717) is 0 Å². The topological polar surface area (TPSA) is 9.72 Å². The predicted octanol–water partition coefficient (Wildman–Crippen LogP) is 22.3. The van der Waals surface area contributed by atoms with Gasteiger partial charge in [-0.1, -0.05) is 253 Å². The molecular weight excluding hydrogens is 1090 g/mol. The summed E-state index contributed by atoms with van der Waals surface area (Å²) in [4.78, 5) is 7.76. The second-order valence-electron chi connectivity index (χ2n) is 28.7. The van der Waals surface area contributed by atoms with Crippen molar-refractivity contribution in [2.24, 2.45) is 0 Å². The van der Waals surface area contributed by atoms with E-state index in [0.717, 1.165) is 45.3 Å². The normalized spacial score (nSPS) is 13.1. The van der Waals surface area contributed by atoms with Crippen LogP contribution in [0.2, 0.25) is 0 Å². The summed E-state index contributed by atoms with van der Waals surface area (Å²) in [6, 6.07) is 96.7. The average molecular weight is 1170 g/mol. The fourth-order valence-electron chi connectivity index (χ4n) is 13.4. The molecule has 3 nitrogen and oxygen atoms in total. The molecule has 12 aromatic rings. The minimum Gasteiger partial charge on any atom is -0.311 e. The third-order valence-electron chi connectivity index (χ3n) is 18.5. The minimum atomic E-state index is -0.107. The number of nitrogens with zero attached hydrogens (tertiary/aromatic N) is 3. The molecule has 5 heteroatoms. The highest BCUT2D eigenvalue weighted by atomic mass is 32.1. The van der Waals surface area contributed by atoms with Gasteiger partial charge in [-0.2, -0.15) is 0 Å². The average Bonchev–Trinajstić information content (AvgIpc) is 1.69. The molecule has 0 bridgehead atoms. The molecule has 0 fully saturated rings. The summed E-state index contributed by atoms with van der Waals surface area (Å²) in [5.74, 6) is 0. The number of thiophene rings is 1. The lowest BCUT2D eigenvalue weighted by molar-refractivity contribution is 0.590. The number of fused-ring (bicyclic) bond motifs is 6. The second kappa shape index (κ2) is 21.9. The van der Waals surface area contributed by atoms with Crippen LogP contribution in [0.3, 0.4) is 0 Å². The summed E-state index contributed by atoms with van der Waals surface area (Å²) in [6.45, 7) is 27.7. The van der Waals surface area contributed by atoms with E-state index in [1.165, 1.54) is 98.5 Å². The lowest BCUT2D eigenvalue weighted by atomic mass is 9.36. The summed E-state index contributed by atoms with van der Waals surface area (Å²) >= 11 is 1.97. The molecule has 3 heterocycles. The molecule has 0 saturated carbocycles. The quantitative estimate of drug-likeness (QED) is 0.133. The Labute approximate surface area is 532 Å². The maximum atomic E-state index is 2.65. The molecule has 0 amide bonds. The van der Waals surface area contributed by atoms with Crippen LogP contribution in [-0.2, 0) is 21.7 Å². The van der Waals surface area contributed by atoms with Crippen molar-refractivity contribution in [3.63, 3.8) is 0 Å². The zero-order valence-corrected chi connectivity index (χ0v) is 54.4. The van der Waals surface area contributed by atoms with E-state index in [4.69, 9.17) is 0 Å². The molecule has 0 spiro atoms. The van der Waals surface area contributed by atoms with E-state index in [2.05, 4.69) is 353 Å². The highest BCUT2D eigenvalue weighted by Gasteiger charge is 2.46. The molecule has 438 valence electrons. The molecule has 0 atom stereocenters. The van der Waals surface area contributed by atoms with Crippen molar-refractivity contribution < 1.29 is 0 Å². The van der Waals surface area contributed by atoms with Gasteiger partial charge >= 0.3 is 0 Å². The number of hydrogen-bond donors (Lipinski definition) is 0. The third kappa shape index (κ3) is 10.6. The van der Waals surface area contributed by atoms with Gasteiger partial charge in [-0.3, -0.25) is 0 Å². The molecule has 2 aliphatic rings. The van der Waals surface area contributed by atoms with Crippen LogP contribution in [0.1, 0.15) is 105 Å². The molecule has 11 aromatic carbocycles. The summed E-state index contributed by atoms with van der Waals surface area (Å²) in [5.41, 5.74) is 27.4. The van der Waals surface area contributed by atoms with Crippen molar-refractivity contribution in [1.29, 1.82) is 0 Å². The molecule has 0 saturated heterocycles. The zero-order chi connectivity index (χ0) is 61.7. The maximum Gasteiger partial charge on any atom is 0.264 e. The number of rotatable bonds is 9. The Morgan fingerprint density at radius 2 is 0.753 bits per heavy atom. The molecule has 89 heavy (non-hydrogen) atoms. The standard InChI is InChI=1S/C84H78BN3S/c1-81(2,3)62-34-42-67(43-35-62)86(66-40-32-58(33-41-66)56-24-18-14-19-25-56)69-46-47-72-74(54-69)88(73-48-38-64(83(7,8)9)52-70(73)60-26-20-15-21-27-60)76-51-61(59-30-28-57(29-31-59)55-22-16-13-17-23-55)50-75-78(76)85(72)80-79(71-53-65(84(10,11)12)39-49-77(71)89-80)87(75)68-44-36-63(37-45-68)82(4,5)6/h13-54H,1-12H3. The fourth-order valence-corrected chi connectivity index (χ4v) is 14.7. The molecule has 2 aliphatic heterocycles. The predicted molar refractivity (Wildman–Crippen MR) is 387 cm³/mol. The van der Waals surface area contributed by atoms with Crippen molar-refractivity contribution in [2.45, 2.75) is 105 Å². The van der Waals surface area contributed by atoms with E-state index < -0.39 is 0 Å².